The van der Waals surface area contributed by atoms with Crippen LogP contribution >= 0.6 is 0 Å². The first-order valence-electron chi connectivity index (χ1n) is 6.82. The highest BCUT2D eigenvalue weighted by Crippen LogP contribution is 2.35. The fourth-order valence-corrected chi connectivity index (χ4v) is 2.45. The molecule has 0 fully saturated rings. The maximum absolute atomic E-state index is 14.0. The van der Waals surface area contributed by atoms with Crippen molar-refractivity contribution in [3.63, 3.8) is 0 Å². The Hall–Kier alpha value is -2.17. The van der Waals surface area contributed by atoms with Crippen LogP contribution in [0.25, 0.3) is 5.57 Å². The molecule has 1 aromatic rings. The molecule has 0 saturated carbocycles. The minimum Gasteiger partial charge on any atom is -0.496 e. The van der Waals surface area contributed by atoms with E-state index in [4.69, 9.17) is 9.47 Å². The van der Waals surface area contributed by atoms with Gasteiger partial charge in [0.05, 0.1) is 19.3 Å². The summed E-state index contributed by atoms with van der Waals surface area (Å²) >= 11 is 0. The average molecular weight is 292 g/mol. The van der Waals surface area contributed by atoms with Crippen LogP contribution in [0, 0.1) is 11.7 Å². The Balaban J connectivity index is 2.31. The standard InChI is InChI=1S/C16H17FO4/c1-3-21-16(19)11-8-7-10(9-13(11)18)15-12(17)5-4-6-14(15)20-2/h4-6,9,11H,3,7-8H2,1-2H3. The van der Waals surface area contributed by atoms with Crippen LogP contribution in [0.5, 0.6) is 5.75 Å². The highest BCUT2D eigenvalue weighted by Gasteiger charge is 2.31. The SMILES string of the molecule is CCOC(=O)C1CCC(c2c(F)cccc2OC)=CC1=O. The van der Waals surface area contributed by atoms with Crippen LogP contribution in [0.3, 0.4) is 0 Å². The van der Waals surface area contributed by atoms with Crippen LogP contribution in [-0.2, 0) is 14.3 Å². The van der Waals surface area contributed by atoms with Crippen molar-refractivity contribution in [2.24, 2.45) is 5.92 Å². The number of esters is 1. The van der Waals surface area contributed by atoms with Gasteiger partial charge >= 0.3 is 5.97 Å². The molecule has 0 amide bonds. The molecule has 4 nitrogen and oxygen atoms in total. The predicted octanol–water partition coefficient (Wildman–Crippen LogP) is 2.76. The van der Waals surface area contributed by atoms with Gasteiger partial charge in [-0.2, -0.15) is 0 Å². The van der Waals surface area contributed by atoms with Crippen LogP contribution in [0.4, 0.5) is 4.39 Å². The second-order valence-corrected chi connectivity index (χ2v) is 4.73. The fourth-order valence-electron chi connectivity index (χ4n) is 2.45. The highest BCUT2D eigenvalue weighted by molar-refractivity contribution is 6.09. The molecule has 0 aliphatic heterocycles. The number of ketones is 1. The van der Waals surface area contributed by atoms with Gasteiger partial charge in [-0.1, -0.05) is 6.07 Å². The normalized spacial score (nSPS) is 18.1. The third-order valence-corrected chi connectivity index (χ3v) is 3.45. The second-order valence-electron chi connectivity index (χ2n) is 4.73. The van der Waals surface area contributed by atoms with Crippen molar-refractivity contribution in [3.8, 4) is 5.75 Å². The monoisotopic (exact) mass is 292 g/mol. The second kappa shape index (κ2) is 6.52. The fraction of sp³-hybridized carbons (Fsp3) is 0.375. The minimum absolute atomic E-state index is 0.236. The Labute approximate surface area is 122 Å². The van der Waals surface area contributed by atoms with Crippen LogP contribution in [0.15, 0.2) is 24.3 Å². The summed E-state index contributed by atoms with van der Waals surface area (Å²) in [5, 5.41) is 0. The van der Waals surface area contributed by atoms with Crippen molar-refractivity contribution in [2.75, 3.05) is 13.7 Å². The maximum Gasteiger partial charge on any atom is 0.316 e. The van der Waals surface area contributed by atoms with Crippen LogP contribution in [-0.4, -0.2) is 25.5 Å². The molecule has 1 atom stereocenters. The number of hydrogen-bond acceptors (Lipinski definition) is 4. The number of rotatable bonds is 4. The molecular weight excluding hydrogens is 275 g/mol. The Bertz CT molecular complexity index is 592. The van der Waals surface area contributed by atoms with Crippen molar-refractivity contribution >= 4 is 17.3 Å². The molecule has 112 valence electrons. The number of methoxy groups -OCH3 is 1. The van der Waals surface area contributed by atoms with E-state index in [2.05, 4.69) is 0 Å². The van der Waals surface area contributed by atoms with Crippen molar-refractivity contribution in [1.82, 2.24) is 0 Å². The third-order valence-electron chi connectivity index (χ3n) is 3.45. The smallest absolute Gasteiger partial charge is 0.316 e. The molecule has 0 spiro atoms. The van der Waals surface area contributed by atoms with Crippen molar-refractivity contribution in [3.05, 3.63) is 35.7 Å². The van der Waals surface area contributed by atoms with Gasteiger partial charge in [0.1, 0.15) is 17.5 Å². The van der Waals surface area contributed by atoms with E-state index >= 15 is 0 Å². The Morgan fingerprint density at radius 2 is 2.19 bits per heavy atom. The summed E-state index contributed by atoms with van der Waals surface area (Å²) in [6, 6.07) is 4.51. The van der Waals surface area contributed by atoms with E-state index < -0.39 is 17.7 Å². The van der Waals surface area contributed by atoms with Crippen LogP contribution in [0.1, 0.15) is 25.3 Å². The summed E-state index contributed by atoms with van der Waals surface area (Å²) in [6.45, 7) is 1.93. The first-order valence-corrected chi connectivity index (χ1v) is 6.82. The number of allylic oxidation sites excluding steroid dienone is 2. The van der Waals surface area contributed by atoms with E-state index in [-0.39, 0.29) is 18.0 Å². The van der Waals surface area contributed by atoms with E-state index in [0.717, 1.165) is 0 Å². The summed E-state index contributed by atoms with van der Waals surface area (Å²) in [5.41, 5.74) is 0.839. The summed E-state index contributed by atoms with van der Waals surface area (Å²) in [4.78, 5) is 23.7. The molecule has 0 bridgehead atoms. The molecule has 0 N–H and O–H groups in total. The van der Waals surface area contributed by atoms with Gasteiger partial charge in [0.15, 0.2) is 5.78 Å². The topological polar surface area (TPSA) is 52.6 Å². The highest BCUT2D eigenvalue weighted by atomic mass is 19.1. The number of hydrogen-bond donors (Lipinski definition) is 0. The molecule has 0 saturated heterocycles. The molecule has 5 heteroatoms. The summed E-state index contributed by atoms with van der Waals surface area (Å²) in [5.74, 6) is -1.71. The quantitative estimate of drug-likeness (QED) is 0.632. The van der Waals surface area contributed by atoms with Gasteiger partial charge in [0.25, 0.3) is 0 Å². The van der Waals surface area contributed by atoms with E-state index in [1.54, 1.807) is 19.1 Å². The first kappa shape index (κ1) is 15.2. The number of ether oxygens (including phenoxy) is 2. The lowest BCUT2D eigenvalue weighted by atomic mass is 9.85. The first-order chi connectivity index (χ1) is 10.1. The molecule has 0 heterocycles. The summed E-state index contributed by atoms with van der Waals surface area (Å²) in [6.07, 6.45) is 2.07. The summed E-state index contributed by atoms with van der Waals surface area (Å²) < 4.78 is 24.0. The molecule has 0 radical (unpaired) electrons. The van der Waals surface area contributed by atoms with Crippen LogP contribution < -0.4 is 4.74 Å². The average Bonchev–Trinajstić information content (AvgIpc) is 2.46. The number of halogens is 1. The number of carbonyl (C=O) groups excluding carboxylic acids is 2. The van der Waals surface area contributed by atoms with Gasteiger partial charge in [-0.05, 0) is 43.5 Å². The molecule has 1 aromatic carbocycles. The zero-order valence-electron chi connectivity index (χ0n) is 12.0. The van der Waals surface area contributed by atoms with Gasteiger partial charge < -0.3 is 9.47 Å². The maximum atomic E-state index is 14.0. The lowest BCUT2D eigenvalue weighted by molar-refractivity contribution is -0.150. The molecule has 1 aliphatic carbocycles. The molecular formula is C16H17FO4. The van der Waals surface area contributed by atoms with Gasteiger partial charge in [0.2, 0.25) is 0 Å². The largest absolute Gasteiger partial charge is 0.496 e. The van der Waals surface area contributed by atoms with Crippen molar-refractivity contribution < 1.29 is 23.5 Å². The molecule has 21 heavy (non-hydrogen) atoms. The number of benzene rings is 1. The van der Waals surface area contributed by atoms with Crippen molar-refractivity contribution in [1.29, 1.82) is 0 Å². The van der Waals surface area contributed by atoms with Gasteiger partial charge in [-0.3, -0.25) is 9.59 Å². The van der Waals surface area contributed by atoms with E-state index in [0.29, 0.717) is 24.2 Å². The Kier molecular flexibility index (Phi) is 4.73. The molecule has 1 unspecified atom stereocenters. The predicted molar refractivity (Wildman–Crippen MR) is 75.3 cm³/mol. The summed E-state index contributed by atoms with van der Waals surface area (Å²) in [7, 11) is 1.45. The number of carbonyl (C=O) groups is 2. The van der Waals surface area contributed by atoms with E-state index in [1.165, 1.54) is 19.3 Å². The Morgan fingerprint density at radius 1 is 1.43 bits per heavy atom. The van der Waals surface area contributed by atoms with Gasteiger partial charge in [0, 0.05) is 0 Å². The zero-order chi connectivity index (χ0) is 15.4. The molecule has 0 aromatic heterocycles. The molecule has 2 rings (SSSR count). The van der Waals surface area contributed by atoms with Gasteiger partial charge in [-0.15, -0.1) is 0 Å². The van der Waals surface area contributed by atoms with Gasteiger partial charge in [-0.25, -0.2) is 4.39 Å². The lowest BCUT2D eigenvalue weighted by Crippen LogP contribution is -2.27. The molecule has 1 aliphatic rings. The zero-order valence-corrected chi connectivity index (χ0v) is 12.0. The minimum atomic E-state index is -0.786. The van der Waals surface area contributed by atoms with E-state index in [9.17, 15) is 14.0 Å². The van der Waals surface area contributed by atoms with Crippen molar-refractivity contribution in [2.45, 2.75) is 19.8 Å². The van der Waals surface area contributed by atoms with E-state index in [1.807, 2.05) is 0 Å². The van der Waals surface area contributed by atoms with Crippen LogP contribution in [0.2, 0.25) is 0 Å². The third kappa shape index (κ3) is 3.12. The lowest BCUT2D eigenvalue weighted by Gasteiger charge is -2.21. The Morgan fingerprint density at radius 3 is 2.81 bits per heavy atom.